The molecule has 19 heavy (non-hydrogen) atoms. The van der Waals surface area contributed by atoms with Crippen LogP contribution in [-0.4, -0.2) is 17.4 Å². The van der Waals surface area contributed by atoms with Crippen molar-refractivity contribution in [2.75, 3.05) is 6.54 Å². The third kappa shape index (κ3) is 3.47. The van der Waals surface area contributed by atoms with Crippen LogP contribution in [0.2, 0.25) is 0 Å². The van der Waals surface area contributed by atoms with Crippen LogP contribution in [0.15, 0.2) is 30.3 Å². The van der Waals surface area contributed by atoms with Crippen LogP contribution in [0.5, 0.6) is 0 Å². The molecular weight excluding hydrogens is 236 g/mol. The Balaban J connectivity index is 1.87. The summed E-state index contributed by atoms with van der Waals surface area (Å²) in [4.78, 5) is 15.2. The molecule has 0 bridgehead atoms. The van der Waals surface area contributed by atoms with Crippen molar-refractivity contribution in [3.05, 3.63) is 58.4 Å². The van der Waals surface area contributed by atoms with Gasteiger partial charge in [-0.1, -0.05) is 17.7 Å². The van der Waals surface area contributed by atoms with Gasteiger partial charge in [0.1, 0.15) is 0 Å². The number of carbonyl (C=O) groups is 1. The summed E-state index contributed by atoms with van der Waals surface area (Å²) >= 11 is 0. The number of aromatic amines is 1. The van der Waals surface area contributed by atoms with E-state index >= 15 is 0 Å². The fourth-order valence-corrected chi connectivity index (χ4v) is 2.16. The highest BCUT2D eigenvalue weighted by Gasteiger charge is 2.06. The van der Waals surface area contributed by atoms with Gasteiger partial charge in [-0.2, -0.15) is 0 Å². The van der Waals surface area contributed by atoms with Crippen molar-refractivity contribution in [3.8, 4) is 0 Å². The van der Waals surface area contributed by atoms with Crippen molar-refractivity contribution < 1.29 is 4.79 Å². The first-order chi connectivity index (χ1) is 9.06. The van der Waals surface area contributed by atoms with E-state index in [0.717, 1.165) is 17.7 Å². The molecule has 0 saturated carbocycles. The largest absolute Gasteiger partial charge is 0.362 e. The summed E-state index contributed by atoms with van der Waals surface area (Å²) < 4.78 is 0. The van der Waals surface area contributed by atoms with E-state index in [9.17, 15) is 4.79 Å². The molecule has 0 aliphatic carbocycles. The Morgan fingerprint density at radius 1 is 1.16 bits per heavy atom. The summed E-state index contributed by atoms with van der Waals surface area (Å²) in [5.41, 5.74) is 5.49. The van der Waals surface area contributed by atoms with Crippen LogP contribution >= 0.6 is 0 Å². The van der Waals surface area contributed by atoms with Crippen molar-refractivity contribution in [3.63, 3.8) is 0 Å². The predicted molar refractivity (Wildman–Crippen MR) is 77.5 cm³/mol. The molecule has 1 aromatic heterocycles. The minimum absolute atomic E-state index is 0.00934. The SMILES string of the molecule is Cc1ccc(C(=O)NCCc2cc(C)[nH]c2C)cc1. The summed E-state index contributed by atoms with van der Waals surface area (Å²) in [5, 5.41) is 2.95. The molecule has 100 valence electrons. The van der Waals surface area contributed by atoms with Gasteiger partial charge in [-0.25, -0.2) is 0 Å². The maximum absolute atomic E-state index is 11.9. The van der Waals surface area contributed by atoms with Crippen LogP contribution in [0.3, 0.4) is 0 Å². The van der Waals surface area contributed by atoms with Gasteiger partial charge in [0, 0.05) is 23.5 Å². The topological polar surface area (TPSA) is 44.9 Å². The van der Waals surface area contributed by atoms with Crippen LogP contribution < -0.4 is 5.32 Å². The molecule has 0 saturated heterocycles. The van der Waals surface area contributed by atoms with E-state index in [-0.39, 0.29) is 5.91 Å². The first-order valence-corrected chi connectivity index (χ1v) is 6.56. The molecule has 3 nitrogen and oxygen atoms in total. The third-order valence-corrected chi connectivity index (χ3v) is 3.25. The van der Waals surface area contributed by atoms with Gasteiger partial charge in [-0.15, -0.1) is 0 Å². The monoisotopic (exact) mass is 256 g/mol. The Morgan fingerprint density at radius 3 is 2.42 bits per heavy atom. The molecule has 1 aromatic carbocycles. The lowest BCUT2D eigenvalue weighted by Crippen LogP contribution is -2.25. The standard InChI is InChI=1S/C16H20N2O/c1-11-4-6-14(7-5-11)16(19)17-9-8-15-10-12(2)18-13(15)3/h4-7,10,18H,8-9H2,1-3H3,(H,17,19). The Morgan fingerprint density at radius 2 is 1.84 bits per heavy atom. The van der Waals surface area contributed by atoms with Crippen molar-refractivity contribution in [2.45, 2.75) is 27.2 Å². The number of benzene rings is 1. The molecule has 2 N–H and O–H groups in total. The number of nitrogens with one attached hydrogen (secondary N) is 2. The predicted octanol–water partition coefficient (Wildman–Crippen LogP) is 2.91. The quantitative estimate of drug-likeness (QED) is 0.868. The number of aromatic nitrogens is 1. The van der Waals surface area contributed by atoms with Crippen molar-refractivity contribution in [1.82, 2.24) is 10.3 Å². The Kier molecular flexibility index (Phi) is 4.05. The molecule has 0 radical (unpaired) electrons. The van der Waals surface area contributed by atoms with E-state index in [0.29, 0.717) is 12.1 Å². The van der Waals surface area contributed by atoms with Gasteiger partial charge in [-0.3, -0.25) is 4.79 Å². The molecular formula is C16H20N2O. The lowest BCUT2D eigenvalue weighted by atomic mass is 10.1. The van der Waals surface area contributed by atoms with Gasteiger partial charge in [0.25, 0.3) is 5.91 Å². The molecule has 0 atom stereocenters. The molecule has 3 heteroatoms. The second-order valence-electron chi connectivity index (χ2n) is 4.97. The zero-order chi connectivity index (χ0) is 13.8. The molecule has 1 amide bonds. The summed E-state index contributed by atoms with van der Waals surface area (Å²) in [5.74, 6) is -0.00934. The molecule has 0 aliphatic heterocycles. The number of H-pyrrole nitrogens is 1. The zero-order valence-corrected chi connectivity index (χ0v) is 11.7. The first-order valence-electron chi connectivity index (χ1n) is 6.56. The smallest absolute Gasteiger partial charge is 0.251 e. The second-order valence-corrected chi connectivity index (χ2v) is 4.97. The average molecular weight is 256 g/mol. The van der Waals surface area contributed by atoms with Crippen molar-refractivity contribution >= 4 is 5.91 Å². The van der Waals surface area contributed by atoms with Crippen LogP contribution in [0, 0.1) is 20.8 Å². The first kappa shape index (κ1) is 13.4. The molecule has 0 spiro atoms. The normalized spacial score (nSPS) is 10.5. The third-order valence-electron chi connectivity index (χ3n) is 3.25. The highest BCUT2D eigenvalue weighted by atomic mass is 16.1. The van der Waals surface area contributed by atoms with E-state index < -0.39 is 0 Å². The minimum Gasteiger partial charge on any atom is -0.362 e. The fourth-order valence-electron chi connectivity index (χ4n) is 2.16. The maximum atomic E-state index is 11.9. The van der Waals surface area contributed by atoms with Gasteiger partial charge >= 0.3 is 0 Å². The number of carbonyl (C=O) groups excluding carboxylic acids is 1. The van der Waals surface area contributed by atoms with Crippen molar-refractivity contribution in [2.24, 2.45) is 0 Å². The second kappa shape index (κ2) is 5.74. The molecule has 0 unspecified atom stereocenters. The van der Waals surface area contributed by atoms with Gasteiger partial charge in [0.2, 0.25) is 0 Å². The van der Waals surface area contributed by atoms with Crippen LogP contribution in [-0.2, 0) is 6.42 Å². The molecule has 0 fully saturated rings. The van der Waals surface area contributed by atoms with Gasteiger partial charge < -0.3 is 10.3 Å². The highest BCUT2D eigenvalue weighted by Crippen LogP contribution is 2.09. The number of rotatable bonds is 4. The molecule has 1 heterocycles. The Hall–Kier alpha value is -2.03. The number of aryl methyl sites for hydroxylation is 3. The van der Waals surface area contributed by atoms with Gasteiger partial charge in [-0.05, 0) is 51.0 Å². The van der Waals surface area contributed by atoms with E-state index in [4.69, 9.17) is 0 Å². The summed E-state index contributed by atoms with van der Waals surface area (Å²) in [6, 6.07) is 9.75. The van der Waals surface area contributed by atoms with E-state index in [1.807, 2.05) is 38.1 Å². The Labute approximate surface area is 114 Å². The van der Waals surface area contributed by atoms with E-state index in [2.05, 4.69) is 23.3 Å². The summed E-state index contributed by atoms with van der Waals surface area (Å²) in [7, 11) is 0. The molecule has 2 rings (SSSR count). The number of hydrogen-bond donors (Lipinski definition) is 2. The lowest BCUT2D eigenvalue weighted by Gasteiger charge is -2.05. The number of hydrogen-bond acceptors (Lipinski definition) is 1. The number of amides is 1. The fraction of sp³-hybridized carbons (Fsp3) is 0.312. The highest BCUT2D eigenvalue weighted by molar-refractivity contribution is 5.94. The van der Waals surface area contributed by atoms with Gasteiger partial charge in [0.15, 0.2) is 0 Å². The van der Waals surface area contributed by atoms with Gasteiger partial charge in [0.05, 0.1) is 0 Å². The van der Waals surface area contributed by atoms with Crippen molar-refractivity contribution in [1.29, 1.82) is 0 Å². The Bertz CT molecular complexity index is 567. The van der Waals surface area contributed by atoms with Crippen LogP contribution in [0.4, 0.5) is 0 Å². The molecule has 2 aromatic rings. The maximum Gasteiger partial charge on any atom is 0.251 e. The van der Waals surface area contributed by atoms with Crippen LogP contribution in [0.1, 0.15) is 32.9 Å². The van der Waals surface area contributed by atoms with Crippen LogP contribution in [0.25, 0.3) is 0 Å². The summed E-state index contributed by atoms with van der Waals surface area (Å²) in [6.07, 6.45) is 0.855. The zero-order valence-electron chi connectivity index (χ0n) is 11.7. The lowest BCUT2D eigenvalue weighted by molar-refractivity contribution is 0.0954. The van der Waals surface area contributed by atoms with E-state index in [1.54, 1.807) is 0 Å². The van der Waals surface area contributed by atoms with E-state index in [1.165, 1.54) is 11.3 Å². The summed E-state index contributed by atoms with van der Waals surface area (Å²) in [6.45, 7) is 6.77. The average Bonchev–Trinajstić information content (AvgIpc) is 2.68. The minimum atomic E-state index is -0.00934. The molecule has 0 aliphatic rings.